The van der Waals surface area contributed by atoms with Crippen LogP contribution >= 0.6 is 0 Å². The Balaban J connectivity index is 2.32. The van der Waals surface area contributed by atoms with Crippen molar-refractivity contribution in [1.29, 1.82) is 0 Å². The first kappa shape index (κ1) is 10.6. The number of hydrogen-bond donors (Lipinski definition) is 0. The van der Waals surface area contributed by atoms with Crippen molar-refractivity contribution in [1.82, 2.24) is 0 Å². The molecule has 1 fully saturated rings. The number of ether oxygens (including phenoxy) is 1. The quantitative estimate of drug-likeness (QED) is 0.635. The summed E-state index contributed by atoms with van der Waals surface area (Å²) in [6.07, 6.45) is 3.17. The Bertz CT molecular complexity index is 139. The summed E-state index contributed by atoms with van der Waals surface area (Å²) in [7, 11) is 0. The van der Waals surface area contributed by atoms with Gasteiger partial charge in [-0.25, -0.2) is 0 Å². The van der Waals surface area contributed by atoms with Gasteiger partial charge in [0, 0.05) is 0 Å². The molecule has 1 aliphatic heterocycles. The summed E-state index contributed by atoms with van der Waals surface area (Å²) in [5, 5.41) is 0. The molecule has 0 N–H and O–H groups in total. The molecule has 1 saturated heterocycles. The maximum absolute atomic E-state index is 5.55. The van der Waals surface area contributed by atoms with Crippen LogP contribution in [-0.2, 0) is 4.74 Å². The van der Waals surface area contributed by atoms with Crippen LogP contribution in [0.2, 0.25) is 4.82 Å². The van der Waals surface area contributed by atoms with Crippen LogP contribution in [0.4, 0.5) is 0 Å². The molecular weight excluding hydrogens is 215 g/mol. The molecule has 0 radical (unpaired) electrons. The van der Waals surface area contributed by atoms with Crippen LogP contribution in [-0.4, -0.2) is 26.6 Å². The van der Waals surface area contributed by atoms with Crippen molar-refractivity contribution < 1.29 is 4.74 Å². The second kappa shape index (κ2) is 4.13. The second-order valence-electron chi connectivity index (χ2n) is 4.88. The van der Waals surface area contributed by atoms with E-state index in [1.54, 1.807) is 0 Å². The topological polar surface area (TPSA) is 9.23 Å². The molecule has 0 aliphatic carbocycles. The molecule has 12 heavy (non-hydrogen) atoms. The molecule has 0 bridgehead atoms. The zero-order valence-corrected chi connectivity index (χ0v) is 10.3. The van der Waals surface area contributed by atoms with Crippen molar-refractivity contribution in [2.45, 2.75) is 51.5 Å². The van der Waals surface area contributed by atoms with E-state index in [0.29, 0.717) is 11.5 Å². The summed E-state index contributed by atoms with van der Waals surface area (Å²) in [5.41, 5.74) is 1.54. The molecule has 1 nitrogen and oxygen atoms in total. The molecule has 0 aromatic carbocycles. The van der Waals surface area contributed by atoms with E-state index in [4.69, 9.17) is 4.74 Å². The molecule has 1 rings (SSSR count). The fourth-order valence-corrected chi connectivity index (χ4v) is 4.79. The van der Waals surface area contributed by atoms with Gasteiger partial charge in [-0.3, -0.25) is 0 Å². The molecule has 0 amide bonds. The third kappa shape index (κ3) is 3.93. The second-order valence-corrected chi connectivity index (χ2v) is 7.48. The van der Waals surface area contributed by atoms with E-state index >= 15 is 0 Å². The third-order valence-electron chi connectivity index (χ3n) is 2.09. The van der Waals surface area contributed by atoms with Gasteiger partial charge < -0.3 is 0 Å². The Morgan fingerprint density at radius 1 is 1.42 bits per heavy atom. The average Bonchev–Trinajstić information content (AvgIpc) is 1.82. The van der Waals surface area contributed by atoms with E-state index in [-0.39, 0.29) is 0 Å². The van der Waals surface area contributed by atoms with Gasteiger partial charge in [0.15, 0.2) is 0 Å². The molecule has 2 heteroatoms. The fourth-order valence-electron chi connectivity index (χ4n) is 1.58. The van der Waals surface area contributed by atoms with Gasteiger partial charge in [-0.2, -0.15) is 0 Å². The van der Waals surface area contributed by atoms with E-state index in [2.05, 4.69) is 27.7 Å². The molecule has 2 atom stereocenters. The van der Waals surface area contributed by atoms with Crippen molar-refractivity contribution in [3.05, 3.63) is 0 Å². The van der Waals surface area contributed by atoms with E-state index in [1.807, 2.05) is 0 Å². The standard InChI is InChI=1S/C10H20OSe/c1-8-5-9(12-7-11-8)6-10(2,3)4/h8-9H,5-7H2,1-4H3/t8-,9-/m0/s1. The van der Waals surface area contributed by atoms with Crippen molar-refractivity contribution in [3.8, 4) is 0 Å². The summed E-state index contributed by atoms with van der Waals surface area (Å²) >= 11 is 0.736. The van der Waals surface area contributed by atoms with Gasteiger partial charge in [-0.1, -0.05) is 0 Å². The predicted octanol–water partition coefficient (Wildman–Crippen LogP) is 2.68. The molecule has 0 unspecified atom stereocenters. The van der Waals surface area contributed by atoms with Crippen LogP contribution < -0.4 is 0 Å². The Morgan fingerprint density at radius 3 is 2.58 bits per heavy atom. The van der Waals surface area contributed by atoms with Crippen LogP contribution in [0.15, 0.2) is 0 Å². The Morgan fingerprint density at radius 2 is 2.08 bits per heavy atom. The van der Waals surface area contributed by atoms with Gasteiger partial charge in [-0.05, 0) is 0 Å². The van der Waals surface area contributed by atoms with E-state index in [1.165, 1.54) is 12.8 Å². The van der Waals surface area contributed by atoms with Crippen molar-refractivity contribution in [3.63, 3.8) is 0 Å². The van der Waals surface area contributed by atoms with Crippen LogP contribution in [0, 0.1) is 5.41 Å². The minimum atomic E-state index is 0.503. The summed E-state index contributed by atoms with van der Waals surface area (Å²) in [6.45, 7) is 9.21. The summed E-state index contributed by atoms with van der Waals surface area (Å²) in [6, 6.07) is 0. The van der Waals surface area contributed by atoms with E-state index < -0.39 is 0 Å². The van der Waals surface area contributed by atoms with Gasteiger partial charge in [0.25, 0.3) is 0 Å². The van der Waals surface area contributed by atoms with Gasteiger partial charge in [0.1, 0.15) is 0 Å². The Kier molecular flexibility index (Phi) is 3.63. The SMILES string of the molecule is C[C@H]1C[C@@H](CC(C)(C)C)[Se]CO1. The van der Waals surface area contributed by atoms with Crippen LogP contribution in [0.1, 0.15) is 40.5 Å². The molecule has 0 spiro atoms. The number of rotatable bonds is 1. The van der Waals surface area contributed by atoms with Crippen LogP contribution in [0.3, 0.4) is 0 Å². The Labute approximate surface area is 82.4 Å². The maximum atomic E-state index is 5.55. The number of hydrogen-bond acceptors (Lipinski definition) is 1. The molecule has 0 saturated carbocycles. The fraction of sp³-hybridized carbons (Fsp3) is 1.00. The van der Waals surface area contributed by atoms with Crippen molar-refractivity contribution in [2.75, 3.05) is 5.51 Å². The summed E-state index contributed by atoms with van der Waals surface area (Å²) in [4.78, 5) is 0.959. The summed E-state index contributed by atoms with van der Waals surface area (Å²) in [5.74, 6) is 0. The van der Waals surface area contributed by atoms with Gasteiger partial charge >= 0.3 is 82.1 Å². The van der Waals surface area contributed by atoms with Gasteiger partial charge in [0.2, 0.25) is 0 Å². The summed E-state index contributed by atoms with van der Waals surface area (Å²) < 4.78 is 5.55. The first-order valence-electron chi connectivity index (χ1n) is 4.70. The van der Waals surface area contributed by atoms with Gasteiger partial charge in [-0.15, -0.1) is 0 Å². The molecule has 0 aromatic rings. The van der Waals surface area contributed by atoms with Crippen molar-refractivity contribution >= 4 is 15.0 Å². The normalized spacial score (nSPS) is 32.0. The minimum absolute atomic E-state index is 0.503. The first-order chi connectivity index (χ1) is 5.47. The van der Waals surface area contributed by atoms with Crippen molar-refractivity contribution in [2.24, 2.45) is 5.41 Å². The zero-order valence-electron chi connectivity index (χ0n) is 8.59. The average molecular weight is 235 g/mol. The molecule has 1 aliphatic rings. The Hall–Kier alpha value is 0.479. The van der Waals surface area contributed by atoms with Gasteiger partial charge in [0.05, 0.1) is 0 Å². The van der Waals surface area contributed by atoms with E-state index in [0.717, 1.165) is 25.3 Å². The molecule has 1 heterocycles. The third-order valence-corrected chi connectivity index (χ3v) is 4.40. The van der Waals surface area contributed by atoms with Crippen LogP contribution in [0.5, 0.6) is 0 Å². The van der Waals surface area contributed by atoms with E-state index in [9.17, 15) is 0 Å². The monoisotopic (exact) mass is 236 g/mol. The molecular formula is C10H20OSe. The predicted molar refractivity (Wildman–Crippen MR) is 53.6 cm³/mol. The zero-order chi connectivity index (χ0) is 9.19. The molecule has 72 valence electrons. The first-order valence-corrected chi connectivity index (χ1v) is 6.90. The molecule has 0 aromatic heterocycles. The van der Waals surface area contributed by atoms with Crippen LogP contribution in [0.25, 0.3) is 0 Å².